The van der Waals surface area contributed by atoms with Crippen LogP contribution < -0.4 is 5.73 Å². The summed E-state index contributed by atoms with van der Waals surface area (Å²) < 4.78 is 1.92. The van der Waals surface area contributed by atoms with Gasteiger partial charge in [-0.1, -0.05) is 44.2 Å². The first-order valence-corrected chi connectivity index (χ1v) is 9.45. The predicted molar refractivity (Wildman–Crippen MR) is 112 cm³/mol. The van der Waals surface area contributed by atoms with Crippen molar-refractivity contribution >= 4 is 27.6 Å². The van der Waals surface area contributed by atoms with Crippen molar-refractivity contribution in [3.05, 3.63) is 48.3 Å². The van der Waals surface area contributed by atoms with E-state index < -0.39 is 0 Å². The Hall–Kier alpha value is -2.95. The SMILES string of the molecule is CC(C)Cc1ccc2cc(-c3nn(C(C)C)c4ncnc(N)c34)ccc2c1. The van der Waals surface area contributed by atoms with Gasteiger partial charge in [-0.05, 0) is 48.6 Å². The van der Waals surface area contributed by atoms with Gasteiger partial charge < -0.3 is 5.73 Å². The van der Waals surface area contributed by atoms with Gasteiger partial charge in [-0.25, -0.2) is 14.6 Å². The van der Waals surface area contributed by atoms with Crippen molar-refractivity contribution in [1.29, 1.82) is 0 Å². The third-order valence-electron chi connectivity index (χ3n) is 4.83. The lowest BCUT2D eigenvalue weighted by Gasteiger charge is -2.08. The minimum Gasteiger partial charge on any atom is -0.383 e. The van der Waals surface area contributed by atoms with Crippen LogP contribution in [0, 0.1) is 5.92 Å². The minimum atomic E-state index is 0.189. The molecule has 0 unspecified atom stereocenters. The fourth-order valence-electron chi connectivity index (χ4n) is 3.60. The molecule has 5 nitrogen and oxygen atoms in total. The number of nitrogen functional groups attached to an aromatic ring is 1. The van der Waals surface area contributed by atoms with Crippen LogP contribution in [-0.2, 0) is 6.42 Å². The maximum atomic E-state index is 6.18. The van der Waals surface area contributed by atoms with Crippen LogP contribution in [0.3, 0.4) is 0 Å². The van der Waals surface area contributed by atoms with Crippen molar-refractivity contribution in [2.75, 3.05) is 5.73 Å². The van der Waals surface area contributed by atoms with E-state index in [1.54, 1.807) is 0 Å². The molecular weight excluding hydrogens is 334 g/mol. The molecule has 0 radical (unpaired) electrons. The maximum Gasteiger partial charge on any atom is 0.164 e. The summed E-state index contributed by atoms with van der Waals surface area (Å²) in [4.78, 5) is 8.60. The summed E-state index contributed by atoms with van der Waals surface area (Å²) >= 11 is 0. The molecule has 0 atom stereocenters. The summed E-state index contributed by atoms with van der Waals surface area (Å²) in [6.45, 7) is 8.67. The van der Waals surface area contributed by atoms with Gasteiger partial charge in [0.05, 0.1) is 5.39 Å². The second-order valence-corrected chi connectivity index (χ2v) is 7.84. The molecule has 0 amide bonds. The number of aromatic nitrogens is 4. The number of hydrogen-bond donors (Lipinski definition) is 1. The van der Waals surface area contributed by atoms with E-state index in [-0.39, 0.29) is 6.04 Å². The second kappa shape index (κ2) is 6.65. The standard InChI is InChI=1S/C22H25N5/c1-13(2)9-15-5-6-17-11-18(8-7-16(17)10-15)20-19-21(23)24-12-25-22(19)27(26-20)14(3)4/h5-8,10-14H,9H2,1-4H3,(H2,23,24,25). The van der Waals surface area contributed by atoms with Crippen LogP contribution in [0.25, 0.3) is 33.1 Å². The van der Waals surface area contributed by atoms with Gasteiger partial charge in [0.2, 0.25) is 0 Å². The lowest BCUT2D eigenvalue weighted by Crippen LogP contribution is -2.04. The molecule has 0 aliphatic carbocycles. The Labute approximate surface area is 159 Å². The average Bonchev–Trinajstić information content (AvgIpc) is 3.02. The molecule has 4 aromatic rings. The highest BCUT2D eigenvalue weighted by molar-refractivity contribution is 6.00. The lowest BCUT2D eigenvalue weighted by molar-refractivity contribution is 0.548. The van der Waals surface area contributed by atoms with Gasteiger partial charge in [0.15, 0.2) is 5.65 Å². The summed E-state index contributed by atoms with van der Waals surface area (Å²) in [6, 6.07) is 13.3. The predicted octanol–water partition coefficient (Wildman–Crippen LogP) is 5.01. The highest BCUT2D eigenvalue weighted by Crippen LogP contribution is 2.33. The molecule has 2 heterocycles. The van der Waals surface area contributed by atoms with Crippen LogP contribution >= 0.6 is 0 Å². The van der Waals surface area contributed by atoms with E-state index >= 15 is 0 Å². The molecule has 138 valence electrons. The first-order valence-electron chi connectivity index (χ1n) is 9.45. The molecule has 0 saturated carbocycles. The fourth-order valence-corrected chi connectivity index (χ4v) is 3.60. The molecule has 2 aromatic carbocycles. The number of nitrogens with zero attached hydrogens (tertiary/aromatic N) is 4. The van der Waals surface area contributed by atoms with Crippen molar-refractivity contribution < 1.29 is 0 Å². The van der Waals surface area contributed by atoms with Crippen LogP contribution in [-0.4, -0.2) is 19.7 Å². The highest BCUT2D eigenvalue weighted by atomic mass is 15.3. The van der Waals surface area contributed by atoms with Crippen LogP contribution in [0.2, 0.25) is 0 Å². The molecule has 4 rings (SSSR count). The average molecular weight is 359 g/mol. The van der Waals surface area contributed by atoms with Crippen molar-refractivity contribution in [2.45, 2.75) is 40.2 Å². The summed E-state index contributed by atoms with van der Waals surface area (Å²) in [5, 5.41) is 8.08. The Balaban J connectivity index is 1.87. The van der Waals surface area contributed by atoms with Gasteiger partial charge in [0.1, 0.15) is 17.8 Å². The van der Waals surface area contributed by atoms with Gasteiger partial charge in [0.25, 0.3) is 0 Å². The molecular formula is C22H25N5. The Morgan fingerprint density at radius 1 is 0.963 bits per heavy atom. The van der Waals surface area contributed by atoms with E-state index in [1.165, 1.54) is 22.7 Å². The smallest absolute Gasteiger partial charge is 0.164 e. The zero-order valence-corrected chi connectivity index (χ0v) is 16.3. The van der Waals surface area contributed by atoms with Gasteiger partial charge in [-0.15, -0.1) is 0 Å². The number of nitrogens with two attached hydrogens (primary N) is 1. The molecule has 0 saturated heterocycles. The molecule has 0 spiro atoms. The Morgan fingerprint density at radius 3 is 2.44 bits per heavy atom. The summed E-state index contributed by atoms with van der Waals surface area (Å²) in [5.41, 5.74) is 10.2. The van der Waals surface area contributed by atoms with Crippen molar-refractivity contribution in [3.8, 4) is 11.3 Å². The molecule has 0 aliphatic rings. The molecule has 2 N–H and O–H groups in total. The van der Waals surface area contributed by atoms with E-state index in [0.717, 1.165) is 28.7 Å². The monoisotopic (exact) mass is 359 g/mol. The van der Waals surface area contributed by atoms with Crippen LogP contribution in [0.15, 0.2) is 42.7 Å². The topological polar surface area (TPSA) is 69.6 Å². The molecule has 2 aromatic heterocycles. The van der Waals surface area contributed by atoms with Crippen molar-refractivity contribution in [2.24, 2.45) is 5.92 Å². The summed E-state index contributed by atoms with van der Waals surface area (Å²) in [7, 11) is 0. The molecule has 5 heteroatoms. The van der Waals surface area contributed by atoms with Gasteiger partial charge in [-0.2, -0.15) is 5.10 Å². The van der Waals surface area contributed by atoms with Gasteiger partial charge in [0, 0.05) is 11.6 Å². The molecule has 27 heavy (non-hydrogen) atoms. The number of benzene rings is 2. The van der Waals surface area contributed by atoms with Crippen LogP contribution in [0.1, 0.15) is 39.3 Å². The third kappa shape index (κ3) is 3.14. The Bertz CT molecular complexity index is 1120. The quantitative estimate of drug-likeness (QED) is 0.556. The number of rotatable bonds is 4. The zero-order chi connectivity index (χ0) is 19.1. The van der Waals surface area contributed by atoms with Gasteiger partial charge in [-0.3, -0.25) is 0 Å². The largest absolute Gasteiger partial charge is 0.383 e. The number of anilines is 1. The first kappa shape index (κ1) is 17.5. The lowest BCUT2D eigenvalue weighted by atomic mass is 9.98. The van der Waals surface area contributed by atoms with Gasteiger partial charge >= 0.3 is 0 Å². The zero-order valence-electron chi connectivity index (χ0n) is 16.3. The van der Waals surface area contributed by atoms with E-state index in [2.05, 4.69) is 74.1 Å². The van der Waals surface area contributed by atoms with E-state index in [0.29, 0.717) is 11.7 Å². The summed E-state index contributed by atoms with van der Waals surface area (Å²) in [5.74, 6) is 1.12. The first-order chi connectivity index (χ1) is 12.9. The molecule has 0 aliphatic heterocycles. The Morgan fingerprint density at radius 2 is 1.70 bits per heavy atom. The Kier molecular flexibility index (Phi) is 4.30. The summed E-state index contributed by atoms with van der Waals surface area (Å²) in [6.07, 6.45) is 2.59. The third-order valence-corrected chi connectivity index (χ3v) is 4.83. The second-order valence-electron chi connectivity index (χ2n) is 7.84. The van der Waals surface area contributed by atoms with Crippen molar-refractivity contribution in [3.63, 3.8) is 0 Å². The molecule has 0 bridgehead atoms. The fraction of sp³-hybridized carbons (Fsp3) is 0.318. The number of fused-ring (bicyclic) bond motifs is 2. The maximum absolute atomic E-state index is 6.18. The highest BCUT2D eigenvalue weighted by Gasteiger charge is 2.18. The van der Waals surface area contributed by atoms with E-state index in [1.807, 2.05) is 4.68 Å². The van der Waals surface area contributed by atoms with E-state index in [4.69, 9.17) is 10.8 Å². The van der Waals surface area contributed by atoms with E-state index in [9.17, 15) is 0 Å². The number of hydrogen-bond acceptors (Lipinski definition) is 4. The van der Waals surface area contributed by atoms with Crippen LogP contribution in [0.5, 0.6) is 0 Å². The molecule has 0 fully saturated rings. The van der Waals surface area contributed by atoms with Crippen molar-refractivity contribution in [1.82, 2.24) is 19.7 Å². The van der Waals surface area contributed by atoms with Crippen LogP contribution in [0.4, 0.5) is 5.82 Å². The minimum absolute atomic E-state index is 0.189. The normalized spacial score (nSPS) is 11.9.